The lowest BCUT2D eigenvalue weighted by Crippen LogP contribution is -2.28. The van der Waals surface area contributed by atoms with Gasteiger partial charge in [-0.25, -0.2) is 0 Å². The Bertz CT molecular complexity index is 107. The van der Waals surface area contributed by atoms with Crippen LogP contribution in [0.3, 0.4) is 0 Å². The second-order valence-corrected chi connectivity index (χ2v) is 3.42. The van der Waals surface area contributed by atoms with Gasteiger partial charge in [0.15, 0.2) is 4.71 Å². The van der Waals surface area contributed by atoms with Crippen molar-refractivity contribution in [1.29, 1.82) is 0 Å². The number of halogens is 1. The number of nitrogens with zero attached hydrogens (tertiary/aromatic N) is 1. The number of hydrogen-bond donors (Lipinski definition) is 0. The van der Waals surface area contributed by atoms with E-state index >= 15 is 0 Å². The average Bonchev–Trinajstić information content (AvgIpc) is 1.84. The molecule has 0 N–H and O–H groups in total. The van der Waals surface area contributed by atoms with E-state index in [9.17, 15) is 4.79 Å². The molecule has 0 aliphatic heterocycles. The molecule has 0 rings (SSSR count). The van der Waals surface area contributed by atoms with Crippen LogP contribution in [0.4, 0.5) is 0 Å². The van der Waals surface area contributed by atoms with Gasteiger partial charge in [0.25, 0.3) is 0 Å². The van der Waals surface area contributed by atoms with Crippen LogP contribution in [0.1, 0.15) is 0 Å². The first kappa shape index (κ1) is 9.11. The van der Waals surface area contributed by atoms with Gasteiger partial charge >= 0.3 is 0 Å². The highest BCUT2D eigenvalue weighted by molar-refractivity contribution is 8.01. The first-order valence-electron chi connectivity index (χ1n) is 2.47. The highest BCUT2D eigenvalue weighted by Gasteiger charge is 2.14. The van der Waals surface area contributed by atoms with Crippen LogP contribution >= 0.6 is 23.4 Å². The van der Waals surface area contributed by atoms with Crippen molar-refractivity contribution in [1.82, 2.24) is 4.90 Å². The van der Waals surface area contributed by atoms with Crippen molar-refractivity contribution < 1.29 is 4.79 Å². The van der Waals surface area contributed by atoms with Gasteiger partial charge in [-0.15, -0.1) is 23.4 Å². The third-order valence-electron chi connectivity index (χ3n) is 0.842. The maximum absolute atomic E-state index is 10.8. The number of rotatable bonds is 2. The van der Waals surface area contributed by atoms with Gasteiger partial charge in [0.1, 0.15) is 0 Å². The number of thioether (sulfide) groups is 1. The van der Waals surface area contributed by atoms with Crippen molar-refractivity contribution in [3.05, 3.63) is 0 Å². The van der Waals surface area contributed by atoms with Crippen molar-refractivity contribution in [2.75, 3.05) is 20.4 Å². The lowest BCUT2D eigenvalue weighted by molar-refractivity contribution is -0.126. The maximum atomic E-state index is 10.8. The Morgan fingerprint density at radius 1 is 1.67 bits per heavy atom. The summed E-state index contributed by atoms with van der Waals surface area (Å²) in [5.41, 5.74) is 0. The summed E-state index contributed by atoms with van der Waals surface area (Å²) in [5.74, 6) is -0.0517. The standard InChI is InChI=1S/C5H10ClNOS/c1-7(2)5(8)4(6)9-3/h4H,1-3H3. The van der Waals surface area contributed by atoms with Gasteiger partial charge in [-0.1, -0.05) is 0 Å². The van der Waals surface area contributed by atoms with Crippen LogP contribution in [-0.4, -0.2) is 35.9 Å². The molecule has 0 saturated carbocycles. The van der Waals surface area contributed by atoms with Crippen LogP contribution < -0.4 is 0 Å². The molecule has 54 valence electrons. The molecule has 0 aromatic rings. The molecule has 9 heavy (non-hydrogen) atoms. The zero-order valence-corrected chi connectivity index (χ0v) is 7.29. The SMILES string of the molecule is CSC(Cl)C(=O)N(C)C. The highest BCUT2D eigenvalue weighted by Crippen LogP contribution is 2.12. The van der Waals surface area contributed by atoms with E-state index in [1.165, 1.54) is 16.7 Å². The smallest absolute Gasteiger partial charge is 0.250 e. The first-order valence-corrected chi connectivity index (χ1v) is 4.20. The van der Waals surface area contributed by atoms with E-state index in [0.717, 1.165) is 0 Å². The van der Waals surface area contributed by atoms with E-state index in [-0.39, 0.29) is 5.91 Å². The van der Waals surface area contributed by atoms with Crippen LogP contribution in [0.15, 0.2) is 0 Å². The molecule has 0 aliphatic carbocycles. The highest BCUT2D eigenvalue weighted by atomic mass is 35.5. The predicted octanol–water partition coefficient (Wildman–Crippen LogP) is 1.00. The Morgan fingerprint density at radius 2 is 2.11 bits per heavy atom. The maximum Gasteiger partial charge on any atom is 0.250 e. The molecular weight excluding hydrogens is 158 g/mol. The van der Waals surface area contributed by atoms with Gasteiger partial charge in [-0.05, 0) is 6.26 Å². The molecule has 0 fully saturated rings. The molecule has 0 aromatic carbocycles. The molecule has 0 radical (unpaired) electrons. The predicted molar refractivity (Wildman–Crippen MR) is 41.9 cm³/mol. The van der Waals surface area contributed by atoms with E-state index in [1.54, 1.807) is 20.4 Å². The third kappa shape index (κ3) is 2.96. The van der Waals surface area contributed by atoms with E-state index in [4.69, 9.17) is 11.6 Å². The van der Waals surface area contributed by atoms with Crippen LogP contribution in [-0.2, 0) is 4.79 Å². The summed E-state index contributed by atoms with van der Waals surface area (Å²) in [5, 5.41) is 0. The van der Waals surface area contributed by atoms with Gasteiger partial charge in [-0.2, -0.15) is 0 Å². The molecule has 0 spiro atoms. The minimum Gasteiger partial charge on any atom is -0.347 e. The minimum atomic E-state index is -0.431. The number of alkyl halides is 1. The van der Waals surface area contributed by atoms with E-state index in [2.05, 4.69) is 0 Å². The number of carbonyl (C=O) groups excluding carboxylic acids is 1. The molecule has 4 heteroatoms. The molecule has 2 nitrogen and oxygen atoms in total. The van der Waals surface area contributed by atoms with Crippen LogP contribution in [0.2, 0.25) is 0 Å². The molecule has 1 amide bonds. The fourth-order valence-electron chi connectivity index (χ4n) is 0.304. The zero-order chi connectivity index (χ0) is 7.44. The lowest BCUT2D eigenvalue weighted by Gasteiger charge is -2.12. The van der Waals surface area contributed by atoms with Crippen LogP contribution in [0, 0.1) is 0 Å². The second-order valence-electron chi connectivity index (χ2n) is 1.78. The van der Waals surface area contributed by atoms with Crippen molar-refractivity contribution in [2.45, 2.75) is 4.71 Å². The van der Waals surface area contributed by atoms with Gasteiger partial charge in [0, 0.05) is 14.1 Å². The zero-order valence-electron chi connectivity index (χ0n) is 5.72. The summed E-state index contributed by atoms with van der Waals surface area (Å²) in [6.45, 7) is 0. The molecular formula is C5H10ClNOS. The fourth-order valence-corrected chi connectivity index (χ4v) is 0.911. The summed E-state index contributed by atoms with van der Waals surface area (Å²) < 4.78 is -0.431. The largest absolute Gasteiger partial charge is 0.347 e. The van der Waals surface area contributed by atoms with Crippen molar-refractivity contribution >= 4 is 29.3 Å². The monoisotopic (exact) mass is 167 g/mol. The molecule has 0 aromatic heterocycles. The Kier molecular flexibility index (Phi) is 4.06. The van der Waals surface area contributed by atoms with Crippen LogP contribution in [0.25, 0.3) is 0 Å². The summed E-state index contributed by atoms with van der Waals surface area (Å²) in [4.78, 5) is 12.3. The van der Waals surface area contributed by atoms with Crippen molar-refractivity contribution in [2.24, 2.45) is 0 Å². The van der Waals surface area contributed by atoms with Crippen molar-refractivity contribution in [3.63, 3.8) is 0 Å². The molecule has 1 atom stereocenters. The normalized spacial score (nSPS) is 12.9. The number of carbonyl (C=O) groups is 1. The second kappa shape index (κ2) is 4.01. The Labute approximate surface area is 64.5 Å². The molecule has 0 bridgehead atoms. The minimum absolute atomic E-state index is 0.0517. The van der Waals surface area contributed by atoms with Gasteiger partial charge in [0.2, 0.25) is 5.91 Å². The van der Waals surface area contributed by atoms with Crippen LogP contribution in [0.5, 0.6) is 0 Å². The molecule has 0 aliphatic rings. The number of amides is 1. The summed E-state index contributed by atoms with van der Waals surface area (Å²) in [6.07, 6.45) is 1.80. The average molecular weight is 168 g/mol. The fraction of sp³-hybridized carbons (Fsp3) is 0.800. The van der Waals surface area contributed by atoms with Gasteiger partial charge in [-0.3, -0.25) is 4.79 Å². The summed E-state index contributed by atoms with van der Waals surface area (Å²) in [7, 11) is 3.38. The Hall–Kier alpha value is 0.110. The Morgan fingerprint density at radius 3 is 2.22 bits per heavy atom. The lowest BCUT2D eigenvalue weighted by atomic mass is 10.6. The van der Waals surface area contributed by atoms with Crippen molar-refractivity contribution in [3.8, 4) is 0 Å². The summed E-state index contributed by atoms with van der Waals surface area (Å²) in [6, 6.07) is 0. The van der Waals surface area contributed by atoms with Gasteiger partial charge < -0.3 is 4.90 Å². The topological polar surface area (TPSA) is 20.3 Å². The molecule has 0 saturated heterocycles. The van der Waals surface area contributed by atoms with E-state index in [0.29, 0.717) is 0 Å². The quantitative estimate of drug-likeness (QED) is 0.572. The third-order valence-corrected chi connectivity index (χ3v) is 2.18. The first-order chi connectivity index (χ1) is 4.09. The summed E-state index contributed by atoms with van der Waals surface area (Å²) >= 11 is 6.92. The molecule has 1 unspecified atom stereocenters. The van der Waals surface area contributed by atoms with E-state index < -0.39 is 4.71 Å². The number of hydrogen-bond acceptors (Lipinski definition) is 2. The van der Waals surface area contributed by atoms with Gasteiger partial charge in [0.05, 0.1) is 0 Å². The molecule has 0 heterocycles. The Balaban J connectivity index is 3.73. The van der Waals surface area contributed by atoms with E-state index in [1.807, 2.05) is 0 Å².